The molecule has 2 heterocycles. The number of anilines is 2. The van der Waals surface area contributed by atoms with Gasteiger partial charge in [0.25, 0.3) is 23.6 Å². The number of carbonyl (C=O) groups excluding carboxylic acids is 4. The van der Waals surface area contributed by atoms with E-state index in [4.69, 9.17) is 51.1 Å². The zero-order valence-corrected chi connectivity index (χ0v) is 18.1. The number of hydrogen-bond donors (Lipinski definition) is 0. The second kappa shape index (κ2) is 8.01. The summed E-state index contributed by atoms with van der Waals surface area (Å²) in [5, 5.41) is -1.33. The van der Waals surface area contributed by atoms with Gasteiger partial charge >= 0.3 is 0 Å². The molecule has 4 amide bonds. The average molecular weight is 498 g/mol. The molecule has 0 aromatic heterocycles. The fourth-order valence-corrected chi connectivity index (χ4v) is 3.55. The quantitative estimate of drug-likeness (QED) is 0.576. The Morgan fingerprint density at radius 1 is 0.484 bits per heavy atom. The van der Waals surface area contributed by atoms with E-state index in [1.807, 2.05) is 0 Å². The smallest absolute Gasteiger partial charge is 0.278 e. The lowest BCUT2D eigenvalue weighted by Crippen LogP contribution is -2.30. The van der Waals surface area contributed by atoms with E-state index >= 15 is 0 Å². The van der Waals surface area contributed by atoms with E-state index in [0.29, 0.717) is 11.5 Å². The van der Waals surface area contributed by atoms with Crippen molar-refractivity contribution in [2.75, 3.05) is 9.80 Å². The van der Waals surface area contributed by atoms with Gasteiger partial charge < -0.3 is 4.74 Å². The first-order chi connectivity index (χ1) is 14.7. The second-order valence-electron chi connectivity index (χ2n) is 6.24. The lowest BCUT2D eigenvalue weighted by Gasteiger charge is -2.16. The van der Waals surface area contributed by atoms with Crippen LogP contribution in [0.25, 0.3) is 0 Å². The average Bonchev–Trinajstić information content (AvgIpc) is 3.08. The molecule has 2 aromatic carbocycles. The number of carbonyl (C=O) groups is 4. The molecule has 0 bridgehead atoms. The van der Waals surface area contributed by atoms with Crippen LogP contribution in [0.15, 0.2) is 68.7 Å². The first-order valence-corrected chi connectivity index (χ1v) is 9.98. The van der Waals surface area contributed by atoms with Crippen molar-refractivity contribution in [3.63, 3.8) is 0 Å². The van der Waals surface area contributed by atoms with Gasteiger partial charge in [0.15, 0.2) is 0 Å². The molecule has 0 aliphatic carbocycles. The van der Waals surface area contributed by atoms with Gasteiger partial charge in [-0.05, 0) is 48.5 Å². The summed E-state index contributed by atoms with van der Waals surface area (Å²) in [7, 11) is 0. The fourth-order valence-electron chi connectivity index (χ4n) is 2.88. The molecule has 31 heavy (non-hydrogen) atoms. The van der Waals surface area contributed by atoms with Crippen LogP contribution in [0.2, 0.25) is 0 Å². The van der Waals surface area contributed by atoms with Crippen LogP contribution in [0, 0.1) is 0 Å². The summed E-state index contributed by atoms with van der Waals surface area (Å²) in [5.41, 5.74) is 0.553. The SMILES string of the molecule is O=C1C(Cl)=C(Cl)C(=O)N1c1ccc(Oc2ccc(N3C(=O)C(Cl)=C(Cl)C3=O)cc2)cc1. The number of ether oxygens (including phenoxy) is 1. The van der Waals surface area contributed by atoms with Gasteiger partial charge in [0.2, 0.25) is 0 Å². The summed E-state index contributed by atoms with van der Waals surface area (Å²) in [5.74, 6) is -2.02. The van der Waals surface area contributed by atoms with Crippen molar-refractivity contribution in [3.05, 3.63) is 68.7 Å². The van der Waals surface area contributed by atoms with Crippen LogP contribution < -0.4 is 14.5 Å². The van der Waals surface area contributed by atoms with Gasteiger partial charge in [-0.1, -0.05) is 46.4 Å². The highest BCUT2D eigenvalue weighted by molar-refractivity contribution is 6.63. The Balaban J connectivity index is 1.47. The van der Waals surface area contributed by atoms with Crippen LogP contribution in [0.4, 0.5) is 11.4 Å². The molecular weight excluding hydrogens is 490 g/mol. The molecule has 11 heteroatoms. The highest BCUT2D eigenvalue weighted by Crippen LogP contribution is 2.34. The van der Waals surface area contributed by atoms with E-state index in [1.54, 1.807) is 24.3 Å². The monoisotopic (exact) mass is 496 g/mol. The molecule has 156 valence electrons. The van der Waals surface area contributed by atoms with Gasteiger partial charge in [0, 0.05) is 0 Å². The van der Waals surface area contributed by atoms with E-state index in [1.165, 1.54) is 24.3 Å². The summed E-state index contributed by atoms with van der Waals surface area (Å²) < 4.78 is 5.70. The molecule has 0 radical (unpaired) electrons. The molecule has 4 rings (SSSR count). The molecule has 0 saturated heterocycles. The molecular formula is C20H8Cl4N2O5. The maximum atomic E-state index is 12.1. The van der Waals surface area contributed by atoms with Crippen LogP contribution >= 0.6 is 46.4 Å². The maximum Gasteiger partial charge on any atom is 0.278 e. The predicted molar refractivity (Wildman–Crippen MR) is 115 cm³/mol. The summed E-state index contributed by atoms with van der Waals surface area (Å²) in [6, 6.07) is 12.2. The molecule has 7 nitrogen and oxygen atoms in total. The molecule has 0 atom stereocenters. The Morgan fingerprint density at radius 3 is 1.00 bits per heavy atom. The molecule has 0 spiro atoms. The highest BCUT2D eigenvalue weighted by Gasteiger charge is 2.38. The van der Waals surface area contributed by atoms with Gasteiger partial charge in [-0.25, -0.2) is 9.80 Å². The number of hydrogen-bond acceptors (Lipinski definition) is 5. The van der Waals surface area contributed by atoms with Crippen molar-refractivity contribution in [1.82, 2.24) is 0 Å². The van der Waals surface area contributed by atoms with Crippen molar-refractivity contribution < 1.29 is 23.9 Å². The first-order valence-electron chi connectivity index (χ1n) is 8.47. The van der Waals surface area contributed by atoms with E-state index < -0.39 is 23.6 Å². The van der Waals surface area contributed by atoms with Crippen molar-refractivity contribution in [2.24, 2.45) is 0 Å². The first kappa shape index (κ1) is 21.4. The van der Waals surface area contributed by atoms with Crippen LogP contribution in [-0.2, 0) is 19.2 Å². The Morgan fingerprint density at radius 2 is 0.742 bits per heavy atom. The predicted octanol–water partition coefficient (Wildman–Crippen LogP) is 4.60. The third kappa shape index (κ3) is 3.59. The molecule has 0 saturated carbocycles. The van der Waals surface area contributed by atoms with Gasteiger partial charge in [0.1, 0.15) is 31.6 Å². The Bertz CT molecular complexity index is 1080. The van der Waals surface area contributed by atoms with Gasteiger partial charge in [-0.2, -0.15) is 0 Å². The van der Waals surface area contributed by atoms with E-state index in [-0.39, 0.29) is 31.5 Å². The van der Waals surface area contributed by atoms with Gasteiger partial charge in [-0.15, -0.1) is 0 Å². The van der Waals surface area contributed by atoms with E-state index in [2.05, 4.69) is 0 Å². The lowest BCUT2D eigenvalue weighted by atomic mass is 10.2. The van der Waals surface area contributed by atoms with Crippen LogP contribution in [-0.4, -0.2) is 23.6 Å². The van der Waals surface area contributed by atoms with Crippen LogP contribution in [0.3, 0.4) is 0 Å². The van der Waals surface area contributed by atoms with Gasteiger partial charge in [0.05, 0.1) is 11.4 Å². The van der Waals surface area contributed by atoms with Crippen molar-refractivity contribution in [2.45, 2.75) is 0 Å². The third-order valence-electron chi connectivity index (χ3n) is 4.37. The number of rotatable bonds is 4. The zero-order chi connectivity index (χ0) is 22.4. The molecule has 2 aliphatic heterocycles. The third-order valence-corrected chi connectivity index (χ3v) is 5.97. The lowest BCUT2D eigenvalue weighted by molar-refractivity contribution is -0.121. The second-order valence-corrected chi connectivity index (χ2v) is 7.75. The highest BCUT2D eigenvalue weighted by atomic mass is 35.5. The van der Waals surface area contributed by atoms with Crippen molar-refractivity contribution >= 4 is 81.4 Å². The summed E-state index contributed by atoms with van der Waals surface area (Å²) in [6.45, 7) is 0. The molecule has 0 unspecified atom stereocenters. The minimum absolute atomic E-state index is 0.277. The normalized spacial score (nSPS) is 16.9. The van der Waals surface area contributed by atoms with E-state index in [9.17, 15) is 19.2 Å². The fraction of sp³-hybridized carbons (Fsp3) is 0. The van der Waals surface area contributed by atoms with Crippen molar-refractivity contribution in [1.29, 1.82) is 0 Å². The van der Waals surface area contributed by atoms with Gasteiger partial charge in [-0.3, -0.25) is 19.2 Å². The Labute approximate surface area is 195 Å². The minimum atomic E-state index is -0.707. The largest absolute Gasteiger partial charge is 0.457 e. The van der Waals surface area contributed by atoms with Crippen molar-refractivity contribution in [3.8, 4) is 11.5 Å². The number of nitrogens with zero attached hydrogens (tertiary/aromatic N) is 2. The Hall–Kier alpha value is -2.84. The molecule has 2 aromatic rings. The van der Waals surface area contributed by atoms with Crippen LogP contribution in [0.5, 0.6) is 11.5 Å². The Kier molecular flexibility index (Phi) is 5.53. The molecule has 2 aliphatic rings. The summed E-state index contributed by atoms with van der Waals surface area (Å²) >= 11 is 22.9. The summed E-state index contributed by atoms with van der Waals surface area (Å²) in [4.78, 5) is 50.0. The zero-order valence-electron chi connectivity index (χ0n) is 15.1. The number of amides is 4. The number of benzene rings is 2. The number of halogens is 4. The summed E-state index contributed by atoms with van der Waals surface area (Å²) in [6.07, 6.45) is 0. The topological polar surface area (TPSA) is 84.0 Å². The number of imide groups is 2. The molecule has 0 N–H and O–H groups in total. The van der Waals surface area contributed by atoms with Crippen LogP contribution in [0.1, 0.15) is 0 Å². The maximum absolute atomic E-state index is 12.1. The molecule has 0 fully saturated rings. The standard InChI is InChI=1S/C20H8Cl4N2O5/c21-13-14(22)18(28)25(17(13)27)9-1-5-11(6-2-9)31-12-7-3-10(4-8-12)26-19(29)15(23)16(24)20(26)30/h1-8H. The van der Waals surface area contributed by atoms with E-state index in [0.717, 1.165) is 9.80 Å². The minimum Gasteiger partial charge on any atom is -0.457 e.